The molecule has 5 N–H and O–H groups in total. The van der Waals surface area contributed by atoms with Gasteiger partial charge in [0.15, 0.2) is 12.2 Å². The molecule has 11 heteroatoms. The Hall–Kier alpha value is -2.52. The van der Waals surface area contributed by atoms with Gasteiger partial charge in [0.1, 0.15) is 18.2 Å². The van der Waals surface area contributed by atoms with E-state index in [0.29, 0.717) is 4.57 Å². The number of H-pyrrole nitrogens is 1. The second kappa shape index (κ2) is 7.38. The SMILES string of the molecule is CC(C)[C@H](N)C(=O)OC1C(O)[C@](C#N)(n2ccc(=O)[nH]c2=O)O[C@@H]1CO. The van der Waals surface area contributed by atoms with Crippen LogP contribution in [-0.2, 0) is 20.0 Å². The Kier molecular flexibility index (Phi) is 5.62. The Bertz CT molecular complexity index is 826. The normalized spacial score (nSPS) is 29.3. The van der Waals surface area contributed by atoms with Crippen molar-refractivity contribution in [3.63, 3.8) is 0 Å². The number of hydrogen-bond acceptors (Lipinski definition) is 9. The number of carbonyl (C=O) groups is 1. The highest BCUT2D eigenvalue weighted by atomic mass is 16.6. The molecule has 1 aromatic heterocycles. The minimum atomic E-state index is -2.30. The van der Waals surface area contributed by atoms with Gasteiger partial charge in [-0.2, -0.15) is 5.26 Å². The molecule has 0 amide bonds. The van der Waals surface area contributed by atoms with E-state index in [-0.39, 0.29) is 5.92 Å². The van der Waals surface area contributed by atoms with Crippen molar-refractivity contribution in [3.8, 4) is 6.07 Å². The number of aromatic amines is 1. The molecule has 142 valence electrons. The molecule has 1 aromatic rings. The minimum Gasteiger partial charge on any atom is -0.455 e. The largest absolute Gasteiger partial charge is 0.455 e. The fraction of sp³-hybridized carbons (Fsp3) is 0.600. The first-order valence-corrected chi connectivity index (χ1v) is 7.84. The third-order valence-electron chi connectivity index (χ3n) is 4.17. The first-order valence-electron chi connectivity index (χ1n) is 7.84. The van der Waals surface area contributed by atoms with Crippen molar-refractivity contribution in [2.75, 3.05) is 6.61 Å². The van der Waals surface area contributed by atoms with Crippen LogP contribution in [0.2, 0.25) is 0 Å². The summed E-state index contributed by atoms with van der Waals surface area (Å²) in [5.74, 6) is -1.11. The predicted molar refractivity (Wildman–Crippen MR) is 85.6 cm³/mol. The van der Waals surface area contributed by atoms with Gasteiger partial charge in [0, 0.05) is 12.3 Å². The van der Waals surface area contributed by atoms with Crippen LogP contribution in [0.5, 0.6) is 0 Å². The Morgan fingerprint density at radius 2 is 2.23 bits per heavy atom. The first-order chi connectivity index (χ1) is 12.2. The van der Waals surface area contributed by atoms with E-state index in [1.807, 2.05) is 4.98 Å². The van der Waals surface area contributed by atoms with Crippen LogP contribution in [0.1, 0.15) is 13.8 Å². The zero-order valence-electron chi connectivity index (χ0n) is 14.2. The molecular formula is C15H20N4O7. The zero-order chi connectivity index (χ0) is 19.6. The minimum absolute atomic E-state index is 0.253. The number of nitriles is 1. The van der Waals surface area contributed by atoms with Crippen LogP contribution in [0.3, 0.4) is 0 Å². The van der Waals surface area contributed by atoms with Crippen LogP contribution in [-0.4, -0.2) is 56.7 Å². The lowest BCUT2D eigenvalue weighted by Gasteiger charge is -2.27. The molecule has 1 aliphatic heterocycles. The van der Waals surface area contributed by atoms with E-state index in [1.165, 1.54) is 0 Å². The monoisotopic (exact) mass is 368 g/mol. The summed E-state index contributed by atoms with van der Waals surface area (Å²) in [5.41, 5.74) is 1.67. The topological polar surface area (TPSA) is 181 Å². The van der Waals surface area contributed by atoms with E-state index in [0.717, 1.165) is 12.3 Å². The molecule has 11 nitrogen and oxygen atoms in total. The van der Waals surface area contributed by atoms with Crippen molar-refractivity contribution >= 4 is 5.97 Å². The highest BCUT2D eigenvalue weighted by Gasteiger charge is 2.59. The number of rotatable bonds is 5. The van der Waals surface area contributed by atoms with Crippen LogP contribution in [0.4, 0.5) is 0 Å². The summed E-state index contributed by atoms with van der Waals surface area (Å²) in [6.45, 7) is 2.68. The third kappa shape index (κ3) is 3.27. The van der Waals surface area contributed by atoms with Crippen molar-refractivity contribution in [1.82, 2.24) is 9.55 Å². The van der Waals surface area contributed by atoms with E-state index < -0.39 is 53.9 Å². The Labute approximate surface area is 147 Å². The number of esters is 1. The third-order valence-corrected chi connectivity index (χ3v) is 4.17. The van der Waals surface area contributed by atoms with Gasteiger partial charge >= 0.3 is 11.7 Å². The fourth-order valence-corrected chi connectivity index (χ4v) is 2.58. The van der Waals surface area contributed by atoms with Gasteiger partial charge < -0.3 is 25.4 Å². The van der Waals surface area contributed by atoms with Crippen molar-refractivity contribution in [2.24, 2.45) is 11.7 Å². The number of nitrogens with one attached hydrogen (secondary N) is 1. The van der Waals surface area contributed by atoms with E-state index in [9.17, 15) is 29.9 Å². The Balaban J connectivity index is 2.42. The molecule has 1 aliphatic rings. The molecule has 1 fully saturated rings. The molecule has 2 rings (SSSR count). The zero-order valence-corrected chi connectivity index (χ0v) is 14.2. The van der Waals surface area contributed by atoms with Gasteiger partial charge in [0.25, 0.3) is 11.3 Å². The van der Waals surface area contributed by atoms with Crippen molar-refractivity contribution in [2.45, 2.75) is 43.9 Å². The number of aliphatic hydroxyl groups excluding tert-OH is 2. The summed E-state index contributed by atoms with van der Waals surface area (Å²) in [6.07, 6.45) is -3.59. The summed E-state index contributed by atoms with van der Waals surface area (Å²) >= 11 is 0. The van der Waals surface area contributed by atoms with Crippen LogP contribution in [0, 0.1) is 17.2 Å². The summed E-state index contributed by atoms with van der Waals surface area (Å²) in [4.78, 5) is 37.3. The molecule has 0 saturated carbocycles. The molecule has 26 heavy (non-hydrogen) atoms. The van der Waals surface area contributed by atoms with E-state index in [2.05, 4.69) is 0 Å². The highest BCUT2D eigenvalue weighted by Crippen LogP contribution is 2.36. The molecule has 0 radical (unpaired) electrons. The lowest BCUT2D eigenvalue weighted by Crippen LogP contribution is -2.52. The lowest BCUT2D eigenvalue weighted by atomic mass is 10.0. The number of hydrogen-bond donors (Lipinski definition) is 4. The molecular weight excluding hydrogens is 348 g/mol. The maximum Gasteiger partial charge on any atom is 0.331 e. The van der Waals surface area contributed by atoms with Crippen molar-refractivity contribution in [3.05, 3.63) is 33.1 Å². The Morgan fingerprint density at radius 3 is 2.73 bits per heavy atom. The average molecular weight is 368 g/mol. The molecule has 2 heterocycles. The van der Waals surface area contributed by atoms with Crippen molar-refractivity contribution < 1.29 is 24.5 Å². The molecule has 1 saturated heterocycles. The van der Waals surface area contributed by atoms with Gasteiger partial charge in [-0.05, 0) is 5.92 Å². The van der Waals surface area contributed by atoms with Crippen LogP contribution in [0.25, 0.3) is 0 Å². The molecule has 5 atom stereocenters. The van der Waals surface area contributed by atoms with Gasteiger partial charge in [-0.1, -0.05) is 13.8 Å². The maximum absolute atomic E-state index is 12.1. The summed E-state index contributed by atoms with van der Waals surface area (Å²) in [5, 5.41) is 29.6. The van der Waals surface area contributed by atoms with Gasteiger partial charge in [-0.3, -0.25) is 19.1 Å². The standard InChI is InChI=1S/C15H20N4O7/c1-7(2)10(17)13(23)25-11-8(5-20)26-15(6-16,12(11)22)19-4-3-9(21)18-14(19)24/h3-4,7-8,10-12,20,22H,5,17H2,1-2H3,(H,18,21,24)/t8-,10+,11?,12?,15-/m1/s1. The van der Waals surface area contributed by atoms with Crippen LogP contribution >= 0.6 is 0 Å². The molecule has 0 bridgehead atoms. The van der Waals surface area contributed by atoms with Gasteiger partial charge in [0.05, 0.1) is 6.61 Å². The van der Waals surface area contributed by atoms with Gasteiger partial charge in [0.2, 0.25) is 0 Å². The number of nitrogens with zero attached hydrogens (tertiary/aromatic N) is 2. The Morgan fingerprint density at radius 1 is 1.58 bits per heavy atom. The molecule has 0 aromatic carbocycles. The number of carbonyl (C=O) groups excluding carboxylic acids is 1. The summed E-state index contributed by atoms with van der Waals surface area (Å²) in [7, 11) is 0. The second-order valence-electron chi connectivity index (χ2n) is 6.24. The molecule has 0 spiro atoms. The summed E-state index contributed by atoms with van der Waals surface area (Å²) in [6, 6.07) is 1.62. The highest BCUT2D eigenvalue weighted by molar-refractivity contribution is 5.76. The number of ether oxygens (including phenoxy) is 2. The van der Waals surface area contributed by atoms with E-state index >= 15 is 0 Å². The maximum atomic E-state index is 12.1. The number of aliphatic hydroxyl groups is 2. The predicted octanol–water partition coefficient (Wildman–Crippen LogP) is -2.64. The number of aromatic nitrogens is 2. The lowest BCUT2D eigenvalue weighted by molar-refractivity contribution is -0.159. The van der Waals surface area contributed by atoms with Gasteiger partial charge in [-0.15, -0.1) is 0 Å². The molecule has 2 unspecified atom stereocenters. The van der Waals surface area contributed by atoms with E-state index in [1.54, 1.807) is 19.9 Å². The fourth-order valence-electron chi connectivity index (χ4n) is 2.58. The average Bonchev–Trinajstić information content (AvgIpc) is 2.87. The molecule has 0 aliphatic carbocycles. The van der Waals surface area contributed by atoms with Gasteiger partial charge in [-0.25, -0.2) is 4.79 Å². The quantitative estimate of drug-likeness (QED) is 0.404. The first kappa shape index (κ1) is 19.8. The van der Waals surface area contributed by atoms with Crippen LogP contribution < -0.4 is 17.0 Å². The summed E-state index contributed by atoms with van der Waals surface area (Å²) < 4.78 is 11.2. The number of nitrogens with two attached hydrogens (primary N) is 1. The second-order valence-corrected chi connectivity index (χ2v) is 6.24. The van der Waals surface area contributed by atoms with Crippen LogP contribution in [0.15, 0.2) is 21.9 Å². The van der Waals surface area contributed by atoms with Crippen molar-refractivity contribution in [1.29, 1.82) is 5.26 Å². The van der Waals surface area contributed by atoms with E-state index in [4.69, 9.17) is 15.2 Å². The smallest absolute Gasteiger partial charge is 0.331 e.